The summed E-state index contributed by atoms with van der Waals surface area (Å²) in [5.74, 6) is 0.427. The van der Waals surface area contributed by atoms with E-state index in [1.165, 1.54) is 28.4 Å². The van der Waals surface area contributed by atoms with E-state index in [9.17, 15) is 14.7 Å². The van der Waals surface area contributed by atoms with E-state index in [1.807, 2.05) is 0 Å². The lowest BCUT2D eigenvalue weighted by Gasteiger charge is -2.48. The van der Waals surface area contributed by atoms with E-state index in [0.29, 0.717) is 22.2 Å². The Hall–Kier alpha value is -1.52. The Bertz CT molecular complexity index is 690. The van der Waals surface area contributed by atoms with Crippen molar-refractivity contribution in [2.75, 3.05) is 11.5 Å². The maximum Gasteiger partial charge on any atom is 0.352 e. The highest BCUT2D eigenvalue weighted by atomic mass is 32.2. The summed E-state index contributed by atoms with van der Waals surface area (Å²) in [5, 5.41) is 18.1. The van der Waals surface area contributed by atoms with Gasteiger partial charge in [0.2, 0.25) is 5.91 Å². The second-order valence-electron chi connectivity index (χ2n) is 5.66. The van der Waals surface area contributed by atoms with Gasteiger partial charge in [0, 0.05) is 17.9 Å². The van der Waals surface area contributed by atoms with E-state index < -0.39 is 12.0 Å². The molecule has 1 amide bonds. The molecular formula is C14H19N5O3S2. The number of rotatable bonds is 7. The minimum Gasteiger partial charge on any atom is -0.477 e. The van der Waals surface area contributed by atoms with Gasteiger partial charge in [0.15, 0.2) is 5.16 Å². The maximum absolute atomic E-state index is 11.9. The maximum atomic E-state index is 11.9. The van der Waals surface area contributed by atoms with Crippen molar-refractivity contribution in [3.63, 3.8) is 0 Å². The lowest BCUT2D eigenvalue weighted by atomic mass is 10.0. The van der Waals surface area contributed by atoms with Crippen LogP contribution in [-0.2, 0) is 16.0 Å². The van der Waals surface area contributed by atoms with Crippen LogP contribution in [0.1, 0.15) is 25.6 Å². The molecule has 0 bridgehead atoms. The predicted molar refractivity (Wildman–Crippen MR) is 91.4 cm³/mol. The van der Waals surface area contributed by atoms with E-state index in [2.05, 4.69) is 22.1 Å². The number of fused-ring (bicyclic) bond motifs is 1. The molecular weight excluding hydrogens is 350 g/mol. The number of hydrogen-bond donors (Lipinski definition) is 3. The number of amides is 1. The zero-order chi connectivity index (χ0) is 17.3. The predicted octanol–water partition coefficient (Wildman–Crippen LogP) is 0.820. The van der Waals surface area contributed by atoms with Crippen LogP contribution in [-0.4, -0.2) is 60.0 Å². The molecule has 3 heterocycles. The lowest BCUT2D eigenvalue weighted by molar-refractivity contribution is -0.147. The van der Waals surface area contributed by atoms with Crippen molar-refractivity contribution in [2.24, 2.45) is 5.73 Å². The van der Waals surface area contributed by atoms with Gasteiger partial charge in [-0.25, -0.2) is 4.79 Å². The summed E-state index contributed by atoms with van der Waals surface area (Å²) in [4.78, 5) is 27.9. The number of carboxylic acid groups (broad SMARTS) is 1. The molecule has 2 atom stereocenters. The summed E-state index contributed by atoms with van der Waals surface area (Å²) in [5.41, 5.74) is 6.52. The average molecular weight is 369 g/mol. The molecule has 3 rings (SSSR count). The van der Waals surface area contributed by atoms with Crippen LogP contribution >= 0.6 is 23.5 Å². The van der Waals surface area contributed by atoms with Crippen LogP contribution < -0.4 is 5.73 Å². The third-order valence-electron chi connectivity index (χ3n) is 3.95. The van der Waals surface area contributed by atoms with Crippen LogP contribution in [0.5, 0.6) is 0 Å². The molecule has 10 heteroatoms. The standard InChI is InChI=1S/C14H19N5O3S2/c1-2-3-4-8-16-14(18-17-8)24-6-7-5-23-12-9(15)11(20)19(12)10(7)13(21)22/h9,12H,2-6,15H2,1H3,(H,21,22)(H,16,17,18)/t9?,12-/m1/s1. The van der Waals surface area contributed by atoms with Crippen LogP contribution in [0.15, 0.2) is 16.4 Å². The molecule has 8 nitrogen and oxygen atoms in total. The van der Waals surface area contributed by atoms with Crippen molar-refractivity contribution in [2.45, 2.75) is 42.8 Å². The van der Waals surface area contributed by atoms with Crippen molar-refractivity contribution in [3.05, 3.63) is 17.1 Å². The fourth-order valence-electron chi connectivity index (χ4n) is 2.65. The first kappa shape index (κ1) is 17.3. The zero-order valence-corrected chi connectivity index (χ0v) is 14.8. The van der Waals surface area contributed by atoms with Gasteiger partial charge in [-0.15, -0.1) is 22.0 Å². The number of H-pyrrole nitrogens is 1. The van der Waals surface area contributed by atoms with Crippen molar-refractivity contribution in [3.8, 4) is 0 Å². The summed E-state index contributed by atoms with van der Waals surface area (Å²) in [6, 6.07) is -0.603. The number of aromatic amines is 1. The molecule has 2 aliphatic rings. The highest BCUT2D eigenvalue weighted by molar-refractivity contribution is 8.01. The third-order valence-corrected chi connectivity index (χ3v) is 6.26. The Labute approximate surface area is 147 Å². The Balaban J connectivity index is 1.70. The Kier molecular flexibility index (Phi) is 5.16. The first-order valence-electron chi connectivity index (χ1n) is 7.72. The van der Waals surface area contributed by atoms with Gasteiger partial charge in [-0.3, -0.25) is 9.69 Å². The molecule has 0 saturated carbocycles. The normalized spacial score (nSPS) is 23.2. The van der Waals surface area contributed by atoms with Gasteiger partial charge < -0.3 is 15.8 Å². The van der Waals surface area contributed by atoms with Crippen molar-refractivity contribution in [1.82, 2.24) is 20.1 Å². The smallest absolute Gasteiger partial charge is 0.352 e. The summed E-state index contributed by atoms with van der Waals surface area (Å²) in [7, 11) is 0. The molecule has 0 spiro atoms. The number of carbonyl (C=O) groups excluding carboxylic acids is 1. The summed E-state index contributed by atoms with van der Waals surface area (Å²) in [6.07, 6.45) is 2.98. The highest BCUT2D eigenvalue weighted by Gasteiger charge is 2.51. The molecule has 2 aliphatic heterocycles. The number of β-lactam (4-membered cyclic amide) rings is 1. The van der Waals surface area contributed by atoms with E-state index in [4.69, 9.17) is 5.73 Å². The zero-order valence-electron chi connectivity index (χ0n) is 13.2. The van der Waals surface area contributed by atoms with Crippen LogP contribution in [0.3, 0.4) is 0 Å². The minimum atomic E-state index is -1.09. The fraction of sp³-hybridized carbons (Fsp3) is 0.571. The number of nitrogens with zero attached hydrogens (tertiary/aromatic N) is 3. The largest absolute Gasteiger partial charge is 0.477 e. The molecule has 0 radical (unpaired) electrons. The first-order chi connectivity index (χ1) is 11.5. The number of nitrogens with two attached hydrogens (primary N) is 1. The van der Waals surface area contributed by atoms with Gasteiger partial charge in [-0.2, -0.15) is 0 Å². The number of unbranched alkanes of at least 4 members (excludes halogenated alkanes) is 1. The number of nitrogens with one attached hydrogen (secondary N) is 1. The number of aromatic nitrogens is 3. The molecule has 1 aromatic rings. The Morgan fingerprint density at radius 1 is 1.54 bits per heavy atom. The van der Waals surface area contributed by atoms with E-state index >= 15 is 0 Å². The van der Waals surface area contributed by atoms with Crippen molar-refractivity contribution in [1.29, 1.82) is 0 Å². The molecule has 1 fully saturated rings. The highest BCUT2D eigenvalue weighted by Crippen LogP contribution is 2.40. The molecule has 1 unspecified atom stereocenters. The number of thioether (sulfide) groups is 2. The number of aryl methyl sites for hydroxylation is 1. The van der Waals surface area contributed by atoms with Gasteiger partial charge in [0.1, 0.15) is 22.9 Å². The van der Waals surface area contributed by atoms with Crippen LogP contribution in [0, 0.1) is 0 Å². The molecule has 24 heavy (non-hydrogen) atoms. The van der Waals surface area contributed by atoms with Gasteiger partial charge in [0.05, 0.1) is 0 Å². The molecule has 0 aromatic carbocycles. The van der Waals surface area contributed by atoms with Gasteiger partial charge in [-0.1, -0.05) is 25.1 Å². The lowest BCUT2D eigenvalue weighted by Crippen LogP contribution is -2.68. The second-order valence-corrected chi connectivity index (χ2v) is 7.73. The third kappa shape index (κ3) is 3.17. The Morgan fingerprint density at radius 3 is 3.04 bits per heavy atom. The van der Waals surface area contributed by atoms with Crippen LogP contribution in [0.25, 0.3) is 0 Å². The molecule has 130 valence electrons. The molecule has 1 saturated heterocycles. The van der Waals surface area contributed by atoms with Crippen LogP contribution in [0.4, 0.5) is 0 Å². The number of carboxylic acids is 1. The molecule has 1 aromatic heterocycles. The second kappa shape index (κ2) is 7.16. The fourth-order valence-corrected chi connectivity index (χ4v) is 4.91. The summed E-state index contributed by atoms with van der Waals surface area (Å²) < 4.78 is 0. The quantitative estimate of drug-likeness (QED) is 0.476. The summed E-state index contributed by atoms with van der Waals surface area (Å²) >= 11 is 2.90. The van der Waals surface area contributed by atoms with E-state index in [0.717, 1.165) is 25.1 Å². The average Bonchev–Trinajstić information content (AvgIpc) is 3.04. The summed E-state index contributed by atoms with van der Waals surface area (Å²) in [6.45, 7) is 2.11. The number of carbonyl (C=O) groups is 2. The van der Waals surface area contributed by atoms with Gasteiger partial charge >= 0.3 is 5.97 Å². The number of aliphatic carboxylic acids is 1. The van der Waals surface area contributed by atoms with Gasteiger partial charge in [-0.05, 0) is 12.0 Å². The number of hydrogen-bond acceptors (Lipinski definition) is 7. The van der Waals surface area contributed by atoms with E-state index in [-0.39, 0.29) is 17.0 Å². The molecule has 4 N–H and O–H groups in total. The van der Waals surface area contributed by atoms with Crippen molar-refractivity contribution >= 4 is 35.4 Å². The van der Waals surface area contributed by atoms with Gasteiger partial charge in [0.25, 0.3) is 0 Å². The van der Waals surface area contributed by atoms with Crippen LogP contribution in [0.2, 0.25) is 0 Å². The first-order valence-corrected chi connectivity index (χ1v) is 9.76. The van der Waals surface area contributed by atoms with Crippen molar-refractivity contribution < 1.29 is 14.7 Å². The monoisotopic (exact) mass is 369 g/mol. The topological polar surface area (TPSA) is 125 Å². The minimum absolute atomic E-state index is 0.0728. The van der Waals surface area contributed by atoms with E-state index in [1.54, 1.807) is 0 Å². The SMILES string of the molecule is CCCCc1nnc(SCC2=C(C(=O)O)N3C(=O)C(N)[C@H]3SC2)[nH]1. The molecule has 0 aliphatic carbocycles. The Morgan fingerprint density at radius 2 is 2.33 bits per heavy atom.